The number of nitrogens with one attached hydrogen (secondary N) is 1. The fraction of sp³-hybridized carbons (Fsp3) is 0.545. The molecule has 1 aromatic heterocycles. The number of rotatable bonds is 5. The minimum absolute atomic E-state index is 0.216. The van der Waals surface area contributed by atoms with Crippen LogP contribution in [0.15, 0.2) is 30.6 Å². The first-order valence-electron chi connectivity index (χ1n) is 10.6. The summed E-state index contributed by atoms with van der Waals surface area (Å²) >= 11 is 0. The zero-order valence-corrected chi connectivity index (χ0v) is 17.0. The van der Waals surface area contributed by atoms with E-state index in [4.69, 9.17) is 0 Å². The van der Waals surface area contributed by atoms with Crippen molar-refractivity contribution in [3.05, 3.63) is 42.0 Å². The van der Waals surface area contributed by atoms with Crippen LogP contribution in [0.1, 0.15) is 38.2 Å². The number of benzene rings is 1. The molecule has 3 heterocycles. The van der Waals surface area contributed by atoms with E-state index in [9.17, 15) is 9.50 Å². The molecule has 0 amide bonds. The van der Waals surface area contributed by atoms with Crippen LogP contribution in [0.25, 0.3) is 0 Å². The minimum atomic E-state index is -0.260. The van der Waals surface area contributed by atoms with Crippen LogP contribution in [0.4, 0.5) is 21.7 Å². The molecule has 1 aromatic carbocycles. The number of piperidine rings is 2. The van der Waals surface area contributed by atoms with Crippen LogP contribution in [0.3, 0.4) is 0 Å². The van der Waals surface area contributed by atoms with Gasteiger partial charge < -0.3 is 20.2 Å². The van der Waals surface area contributed by atoms with Gasteiger partial charge in [-0.15, -0.1) is 0 Å². The SMILES string of the molecule is CC1CCCN(c2cc(NCc3ccc(N4CCC(O)CC4)c(F)c3)ncn2)C1. The van der Waals surface area contributed by atoms with Crippen LogP contribution in [0, 0.1) is 11.7 Å². The Hall–Kier alpha value is -2.41. The summed E-state index contributed by atoms with van der Waals surface area (Å²) in [5, 5.41) is 12.9. The van der Waals surface area contributed by atoms with Crippen LogP contribution in [0.2, 0.25) is 0 Å². The molecule has 2 aliphatic heterocycles. The minimum Gasteiger partial charge on any atom is -0.393 e. The van der Waals surface area contributed by atoms with Crippen molar-refractivity contribution in [3.8, 4) is 0 Å². The van der Waals surface area contributed by atoms with Crippen LogP contribution in [0.5, 0.6) is 0 Å². The highest BCUT2D eigenvalue weighted by atomic mass is 19.1. The summed E-state index contributed by atoms with van der Waals surface area (Å²) in [6.45, 7) is 6.21. The number of aliphatic hydroxyl groups is 1. The molecule has 4 rings (SSSR count). The van der Waals surface area contributed by atoms with Crippen molar-refractivity contribution in [1.29, 1.82) is 0 Å². The molecule has 6 nitrogen and oxygen atoms in total. The van der Waals surface area contributed by atoms with E-state index in [-0.39, 0.29) is 11.9 Å². The lowest BCUT2D eigenvalue weighted by Crippen LogP contribution is -2.36. The molecule has 1 atom stereocenters. The van der Waals surface area contributed by atoms with Crippen molar-refractivity contribution in [1.82, 2.24) is 9.97 Å². The van der Waals surface area contributed by atoms with Crippen molar-refractivity contribution in [2.75, 3.05) is 41.3 Å². The summed E-state index contributed by atoms with van der Waals surface area (Å²) in [7, 11) is 0. The first kappa shape index (κ1) is 19.9. The highest BCUT2D eigenvalue weighted by Gasteiger charge is 2.20. The molecule has 0 radical (unpaired) electrons. The van der Waals surface area contributed by atoms with E-state index < -0.39 is 0 Å². The Bertz CT molecular complexity index is 825. The van der Waals surface area contributed by atoms with E-state index in [0.717, 1.165) is 30.3 Å². The first-order chi connectivity index (χ1) is 14.1. The molecular weight excluding hydrogens is 369 g/mol. The second-order valence-corrected chi connectivity index (χ2v) is 8.31. The third kappa shape index (κ3) is 4.96. The third-order valence-corrected chi connectivity index (χ3v) is 5.92. The number of hydrogen-bond acceptors (Lipinski definition) is 6. The van der Waals surface area contributed by atoms with Gasteiger partial charge in [0.15, 0.2) is 0 Å². The summed E-state index contributed by atoms with van der Waals surface area (Å²) in [6.07, 6.45) is 5.17. The Labute approximate surface area is 171 Å². The largest absolute Gasteiger partial charge is 0.393 e. The van der Waals surface area contributed by atoms with Gasteiger partial charge in [-0.3, -0.25) is 0 Å². The van der Waals surface area contributed by atoms with Gasteiger partial charge in [0.05, 0.1) is 11.8 Å². The first-order valence-corrected chi connectivity index (χ1v) is 10.6. The Morgan fingerprint density at radius 3 is 2.69 bits per heavy atom. The topological polar surface area (TPSA) is 64.5 Å². The van der Waals surface area contributed by atoms with Crippen LogP contribution in [-0.2, 0) is 6.54 Å². The van der Waals surface area contributed by atoms with Crippen LogP contribution < -0.4 is 15.1 Å². The summed E-state index contributed by atoms with van der Waals surface area (Å²) in [5.41, 5.74) is 1.49. The molecule has 0 bridgehead atoms. The fourth-order valence-electron chi connectivity index (χ4n) is 4.23. The van der Waals surface area contributed by atoms with E-state index in [1.807, 2.05) is 23.1 Å². The van der Waals surface area contributed by atoms with E-state index in [0.29, 0.717) is 44.1 Å². The number of aliphatic hydroxyl groups excluding tert-OH is 1. The lowest BCUT2D eigenvalue weighted by atomic mass is 10.0. The molecule has 0 spiro atoms. The summed E-state index contributed by atoms with van der Waals surface area (Å²) in [6, 6.07) is 7.35. The summed E-state index contributed by atoms with van der Waals surface area (Å²) < 4.78 is 14.6. The number of halogens is 1. The van der Waals surface area contributed by atoms with Gasteiger partial charge in [0, 0.05) is 38.8 Å². The Kier molecular flexibility index (Phi) is 6.13. The predicted octanol–water partition coefficient (Wildman–Crippen LogP) is 3.43. The van der Waals surface area contributed by atoms with Gasteiger partial charge in [0.1, 0.15) is 23.8 Å². The van der Waals surface area contributed by atoms with Crippen molar-refractivity contribution in [2.45, 2.75) is 45.3 Å². The van der Waals surface area contributed by atoms with Gasteiger partial charge in [0.25, 0.3) is 0 Å². The second-order valence-electron chi connectivity index (χ2n) is 8.31. The van der Waals surface area contributed by atoms with E-state index in [1.165, 1.54) is 12.8 Å². The molecule has 1 unspecified atom stereocenters. The Balaban J connectivity index is 1.38. The highest BCUT2D eigenvalue weighted by molar-refractivity contribution is 5.51. The number of aromatic nitrogens is 2. The Morgan fingerprint density at radius 1 is 1.10 bits per heavy atom. The molecule has 0 saturated carbocycles. The van der Waals surface area contributed by atoms with Crippen molar-refractivity contribution in [3.63, 3.8) is 0 Å². The van der Waals surface area contributed by atoms with Gasteiger partial charge in [-0.2, -0.15) is 0 Å². The molecule has 29 heavy (non-hydrogen) atoms. The van der Waals surface area contributed by atoms with Gasteiger partial charge in [-0.05, 0) is 49.3 Å². The predicted molar refractivity (Wildman–Crippen MR) is 114 cm³/mol. The molecule has 2 N–H and O–H groups in total. The molecular formula is C22H30FN5O. The van der Waals surface area contributed by atoms with Gasteiger partial charge in [-0.1, -0.05) is 13.0 Å². The fourth-order valence-corrected chi connectivity index (χ4v) is 4.23. The maximum absolute atomic E-state index is 14.6. The Morgan fingerprint density at radius 2 is 1.93 bits per heavy atom. The van der Waals surface area contributed by atoms with Crippen LogP contribution in [-0.4, -0.2) is 47.4 Å². The quantitative estimate of drug-likeness (QED) is 0.803. The maximum Gasteiger partial charge on any atom is 0.146 e. The standard InChI is InChI=1S/C22H30FN5O/c1-16-3-2-8-28(14-16)22-12-21(25-15-26-22)24-13-17-4-5-20(19(23)11-17)27-9-6-18(29)7-10-27/h4-5,11-12,15-16,18,29H,2-3,6-10,13-14H2,1H3,(H,24,25,26). The molecule has 156 valence electrons. The molecule has 7 heteroatoms. The number of hydrogen-bond donors (Lipinski definition) is 2. The maximum atomic E-state index is 14.6. The average Bonchev–Trinajstić information content (AvgIpc) is 2.73. The molecule has 0 aliphatic carbocycles. The molecule has 2 saturated heterocycles. The number of nitrogens with zero attached hydrogens (tertiary/aromatic N) is 4. The van der Waals surface area contributed by atoms with E-state index >= 15 is 0 Å². The van der Waals surface area contributed by atoms with Gasteiger partial charge in [0.2, 0.25) is 0 Å². The van der Waals surface area contributed by atoms with Gasteiger partial charge >= 0.3 is 0 Å². The average molecular weight is 400 g/mol. The second kappa shape index (κ2) is 8.95. The lowest BCUT2D eigenvalue weighted by Gasteiger charge is -2.32. The van der Waals surface area contributed by atoms with Crippen molar-refractivity contribution < 1.29 is 9.50 Å². The van der Waals surface area contributed by atoms with Crippen molar-refractivity contribution in [2.24, 2.45) is 5.92 Å². The van der Waals surface area contributed by atoms with Crippen LogP contribution >= 0.6 is 0 Å². The monoisotopic (exact) mass is 399 g/mol. The van der Waals surface area contributed by atoms with Crippen molar-refractivity contribution >= 4 is 17.3 Å². The lowest BCUT2D eigenvalue weighted by molar-refractivity contribution is 0.145. The molecule has 2 aromatic rings. The zero-order valence-electron chi connectivity index (χ0n) is 17.0. The van der Waals surface area contributed by atoms with E-state index in [2.05, 4.69) is 27.1 Å². The third-order valence-electron chi connectivity index (χ3n) is 5.92. The zero-order chi connectivity index (χ0) is 20.2. The van der Waals surface area contributed by atoms with Gasteiger partial charge in [-0.25, -0.2) is 14.4 Å². The normalized spacial score (nSPS) is 20.7. The van der Waals surface area contributed by atoms with E-state index in [1.54, 1.807) is 12.4 Å². The molecule has 2 aliphatic rings. The smallest absolute Gasteiger partial charge is 0.146 e. The molecule has 2 fully saturated rings. The number of anilines is 3. The summed E-state index contributed by atoms with van der Waals surface area (Å²) in [5.74, 6) is 2.16. The summed E-state index contributed by atoms with van der Waals surface area (Å²) in [4.78, 5) is 13.1. The highest BCUT2D eigenvalue weighted by Crippen LogP contribution is 2.25.